The Morgan fingerprint density at radius 2 is 1.72 bits per heavy atom. The molecule has 1 heterocycles. The van der Waals surface area contributed by atoms with Crippen LogP contribution in [0.2, 0.25) is 5.02 Å². The molecule has 1 amide bonds. The van der Waals surface area contributed by atoms with Gasteiger partial charge in [0.1, 0.15) is 11.5 Å². The minimum atomic E-state index is -1.96. The van der Waals surface area contributed by atoms with Crippen molar-refractivity contribution in [1.82, 2.24) is 5.16 Å². The Morgan fingerprint density at radius 3 is 2.38 bits per heavy atom. The number of Topliss-reactive ketones (excluding diaryl/α,β-unsaturated/α-hetero) is 1. The second-order valence-corrected chi connectivity index (χ2v) is 10.3. The van der Waals surface area contributed by atoms with Gasteiger partial charge >= 0.3 is 5.97 Å². The first-order valence-corrected chi connectivity index (χ1v) is 12.6. The molecule has 0 unspecified atom stereocenters. The number of rotatable bonds is 8. The number of aromatic nitrogens is 1. The molecule has 0 bridgehead atoms. The molecule has 0 atom stereocenters. The summed E-state index contributed by atoms with van der Waals surface area (Å²) in [4.78, 5) is 38.8. The van der Waals surface area contributed by atoms with Crippen LogP contribution in [-0.2, 0) is 9.53 Å². The van der Waals surface area contributed by atoms with E-state index in [0.29, 0.717) is 22.6 Å². The Balaban J connectivity index is 1.66. The van der Waals surface area contributed by atoms with Crippen molar-refractivity contribution in [3.63, 3.8) is 0 Å². The van der Waals surface area contributed by atoms with Crippen LogP contribution in [0.15, 0.2) is 77.3 Å². The number of ether oxygens (including phenoxy) is 1. The molecule has 200 valence electrons. The molecular formula is C28H20Cl3FN2O5. The summed E-state index contributed by atoms with van der Waals surface area (Å²) in [5.74, 6) is -1.80. The van der Waals surface area contributed by atoms with Gasteiger partial charge in [0, 0.05) is 35.4 Å². The zero-order valence-corrected chi connectivity index (χ0v) is 22.9. The number of methoxy groups -OCH3 is 1. The summed E-state index contributed by atoms with van der Waals surface area (Å²) in [7, 11) is 1.26. The van der Waals surface area contributed by atoms with Gasteiger partial charge in [-0.05, 0) is 48.5 Å². The van der Waals surface area contributed by atoms with Gasteiger partial charge in [0.15, 0.2) is 11.5 Å². The van der Waals surface area contributed by atoms with E-state index in [1.807, 2.05) is 0 Å². The van der Waals surface area contributed by atoms with Gasteiger partial charge in [-0.1, -0.05) is 58.2 Å². The topological polar surface area (TPSA) is 89.7 Å². The highest BCUT2D eigenvalue weighted by atomic mass is 35.5. The third-order valence-electron chi connectivity index (χ3n) is 5.76. The monoisotopic (exact) mass is 588 g/mol. The number of nitrogens with zero attached hydrogens (tertiary/aromatic N) is 2. The summed E-state index contributed by atoms with van der Waals surface area (Å²) in [5, 5.41) is 4.34. The number of benzene rings is 3. The Kier molecular flexibility index (Phi) is 8.39. The molecule has 0 saturated heterocycles. The molecular weight excluding hydrogens is 570 g/mol. The largest absolute Gasteiger partial charge is 0.465 e. The van der Waals surface area contributed by atoms with Crippen LogP contribution in [0.3, 0.4) is 0 Å². The second kappa shape index (κ2) is 11.6. The Morgan fingerprint density at radius 1 is 1.03 bits per heavy atom. The van der Waals surface area contributed by atoms with Gasteiger partial charge in [-0.25, -0.2) is 9.18 Å². The molecule has 0 saturated carbocycles. The highest BCUT2D eigenvalue weighted by Crippen LogP contribution is 2.39. The average Bonchev–Trinajstić information content (AvgIpc) is 3.38. The van der Waals surface area contributed by atoms with Crippen LogP contribution in [0.5, 0.6) is 0 Å². The van der Waals surface area contributed by atoms with Gasteiger partial charge in [-0.15, -0.1) is 0 Å². The first-order valence-electron chi connectivity index (χ1n) is 11.4. The average molecular weight is 590 g/mol. The van der Waals surface area contributed by atoms with Gasteiger partial charge in [-0.3, -0.25) is 14.5 Å². The van der Waals surface area contributed by atoms with Crippen LogP contribution in [0.4, 0.5) is 10.1 Å². The second-order valence-electron chi connectivity index (χ2n) is 8.41. The first-order chi connectivity index (χ1) is 18.5. The number of esters is 1. The van der Waals surface area contributed by atoms with E-state index in [4.69, 9.17) is 44.1 Å². The van der Waals surface area contributed by atoms with Crippen molar-refractivity contribution in [1.29, 1.82) is 0 Å². The quantitative estimate of drug-likeness (QED) is 0.0924. The van der Waals surface area contributed by atoms with Crippen LogP contribution in [0.1, 0.15) is 34.1 Å². The fraction of sp³-hybridized carbons (Fsp3) is 0.143. The molecule has 0 aliphatic heterocycles. The number of hydrogen-bond donors (Lipinski definition) is 0. The first kappa shape index (κ1) is 28.3. The SMILES string of the molecule is COC(=O)c1cccc(Cl)c1-c1cc(-c2cccc(N(C(C)=O)C(Cl)(Cl)CC(=O)c3ccc(F)cc3)c2)on1. The molecule has 4 rings (SSSR count). The number of carbonyl (C=O) groups excluding carboxylic acids is 3. The molecule has 0 N–H and O–H groups in total. The van der Waals surface area contributed by atoms with E-state index in [1.165, 1.54) is 26.2 Å². The number of anilines is 1. The molecule has 0 aliphatic rings. The van der Waals surface area contributed by atoms with E-state index in [-0.39, 0.29) is 21.8 Å². The smallest absolute Gasteiger partial charge is 0.338 e. The number of carbonyl (C=O) groups is 3. The van der Waals surface area contributed by atoms with Crippen molar-refractivity contribution < 1.29 is 28.0 Å². The number of amides is 1. The lowest BCUT2D eigenvalue weighted by Gasteiger charge is -2.33. The zero-order valence-electron chi connectivity index (χ0n) is 20.6. The molecule has 3 aromatic carbocycles. The van der Waals surface area contributed by atoms with Crippen molar-refractivity contribution in [2.24, 2.45) is 0 Å². The normalized spacial score (nSPS) is 11.2. The van der Waals surface area contributed by atoms with Gasteiger partial charge in [0.2, 0.25) is 10.4 Å². The molecule has 7 nitrogen and oxygen atoms in total. The highest BCUT2D eigenvalue weighted by Gasteiger charge is 2.38. The Labute approximate surface area is 238 Å². The lowest BCUT2D eigenvalue weighted by molar-refractivity contribution is -0.116. The van der Waals surface area contributed by atoms with Gasteiger partial charge < -0.3 is 9.26 Å². The summed E-state index contributed by atoms with van der Waals surface area (Å²) < 4.78 is 21.7. The van der Waals surface area contributed by atoms with Crippen molar-refractivity contribution in [3.8, 4) is 22.6 Å². The highest BCUT2D eigenvalue weighted by molar-refractivity contribution is 6.52. The number of halogens is 4. The van der Waals surface area contributed by atoms with Crippen molar-refractivity contribution in [2.75, 3.05) is 12.0 Å². The van der Waals surface area contributed by atoms with Gasteiger partial charge in [0.25, 0.3) is 0 Å². The van der Waals surface area contributed by atoms with E-state index in [9.17, 15) is 18.8 Å². The molecule has 39 heavy (non-hydrogen) atoms. The maximum atomic E-state index is 13.3. The predicted octanol–water partition coefficient (Wildman–Crippen LogP) is 7.35. The Bertz CT molecular complexity index is 1550. The van der Waals surface area contributed by atoms with E-state index in [1.54, 1.807) is 48.5 Å². The molecule has 1 aromatic heterocycles. The van der Waals surface area contributed by atoms with E-state index in [2.05, 4.69) is 5.16 Å². The van der Waals surface area contributed by atoms with E-state index >= 15 is 0 Å². The van der Waals surface area contributed by atoms with Crippen molar-refractivity contribution >= 4 is 58.1 Å². The maximum Gasteiger partial charge on any atom is 0.338 e. The number of alkyl halides is 2. The van der Waals surface area contributed by atoms with Crippen LogP contribution >= 0.6 is 34.8 Å². The minimum absolute atomic E-state index is 0.194. The molecule has 0 radical (unpaired) electrons. The van der Waals surface area contributed by atoms with Crippen LogP contribution in [0.25, 0.3) is 22.6 Å². The maximum absolute atomic E-state index is 13.3. The van der Waals surface area contributed by atoms with E-state index in [0.717, 1.165) is 17.0 Å². The van der Waals surface area contributed by atoms with Gasteiger partial charge in [0.05, 0.1) is 24.1 Å². The van der Waals surface area contributed by atoms with E-state index < -0.39 is 34.4 Å². The summed E-state index contributed by atoms with van der Waals surface area (Å²) in [6.45, 7) is 1.26. The molecule has 4 aromatic rings. The number of ketones is 1. The zero-order chi connectivity index (χ0) is 28.3. The molecule has 0 fully saturated rings. The third-order valence-corrected chi connectivity index (χ3v) is 6.68. The van der Waals surface area contributed by atoms with Crippen LogP contribution < -0.4 is 4.90 Å². The molecule has 0 spiro atoms. The molecule has 11 heteroatoms. The summed E-state index contributed by atoms with van der Waals surface area (Å²) in [6, 6.07) is 17.8. The summed E-state index contributed by atoms with van der Waals surface area (Å²) >= 11 is 19.5. The van der Waals surface area contributed by atoms with Crippen LogP contribution in [0, 0.1) is 5.82 Å². The van der Waals surface area contributed by atoms with Crippen LogP contribution in [-0.4, -0.2) is 34.4 Å². The fourth-order valence-corrected chi connectivity index (χ4v) is 4.95. The Hall–Kier alpha value is -3.72. The van der Waals surface area contributed by atoms with Crippen molar-refractivity contribution in [3.05, 3.63) is 94.8 Å². The standard InChI is InChI=1S/C28H20Cl3FN2O5/c1-16(35)34(28(30,31)15-24(36)17-9-11-19(32)12-10-17)20-6-3-5-18(13-20)25-14-23(33-39-25)26-21(27(37)38-2)7-4-8-22(26)29/h3-14H,15H2,1-2H3. The minimum Gasteiger partial charge on any atom is -0.465 e. The fourth-order valence-electron chi connectivity index (χ4n) is 4.00. The predicted molar refractivity (Wildman–Crippen MR) is 147 cm³/mol. The lowest BCUT2D eigenvalue weighted by atomic mass is 10.0. The third kappa shape index (κ3) is 6.14. The number of hydrogen-bond acceptors (Lipinski definition) is 6. The van der Waals surface area contributed by atoms with Gasteiger partial charge in [-0.2, -0.15) is 0 Å². The molecule has 0 aliphatic carbocycles. The summed E-state index contributed by atoms with van der Waals surface area (Å²) in [6.07, 6.45) is -0.458. The van der Waals surface area contributed by atoms with Crippen molar-refractivity contribution in [2.45, 2.75) is 17.8 Å². The lowest BCUT2D eigenvalue weighted by Crippen LogP contribution is -2.44. The summed E-state index contributed by atoms with van der Waals surface area (Å²) in [5.41, 5.74) is 1.81.